The first-order valence-corrected chi connectivity index (χ1v) is 6.73. The maximum atomic E-state index is 11.2. The van der Waals surface area contributed by atoms with E-state index in [4.69, 9.17) is 0 Å². The smallest absolute Gasteiger partial charge is 0.299 e. The van der Waals surface area contributed by atoms with Crippen LogP contribution in [0.3, 0.4) is 0 Å². The lowest BCUT2D eigenvalue weighted by Gasteiger charge is -2.40. The van der Waals surface area contributed by atoms with Gasteiger partial charge in [0.2, 0.25) is 0 Å². The fraction of sp³-hybridized carbons (Fsp3) is 0.538. The van der Waals surface area contributed by atoms with Gasteiger partial charge in [-0.05, 0) is 32.9 Å². The first kappa shape index (κ1) is 15.2. The highest BCUT2D eigenvalue weighted by molar-refractivity contribution is 5.67. The summed E-state index contributed by atoms with van der Waals surface area (Å²) in [6.45, 7) is 3.47. The quantitative estimate of drug-likeness (QED) is 0.674. The largest absolute Gasteiger partial charge is 0.366 e. The topological polar surface area (TPSA) is 102 Å². The van der Waals surface area contributed by atoms with E-state index in [9.17, 15) is 20.2 Å². The molecule has 114 valence electrons. The molecule has 1 aliphatic rings. The second-order valence-corrected chi connectivity index (χ2v) is 5.48. The Morgan fingerprint density at radius 1 is 1.19 bits per heavy atom. The number of nitrogens with one attached hydrogen (secondary N) is 1. The Morgan fingerprint density at radius 3 is 2.29 bits per heavy atom. The van der Waals surface area contributed by atoms with Gasteiger partial charge in [0.1, 0.15) is 5.69 Å². The van der Waals surface area contributed by atoms with Crippen molar-refractivity contribution in [2.24, 2.45) is 0 Å². The number of nitro benzene ring substituents is 2. The number of anilines is 1. The zero-order valence-electron chi connectivity index (χ0n) is 12.0. The van der Waals surface area contributed by atoms with Crippen LogP contribution in [-0.2, 0) is 0 Å². The first-order chi connectivity index (χ1) is 9.86. The lowest BCUT2D eigenvalue weighted by atomic mass is 9.89. The third-order valence-electron chi connectivity index (χ3n) is 4.18. The van der Waals surface area contributed by atoms with E-state index in [-0.39, 0.29) is 16.9 Å². The molecule has 1 N–H and O–H groups in total. The maximum absolute atomic E-state index is 11.2. The van der Waals surface area contributed by atoms with Gasteiger partial charge in [-0.25, -0.2) is 0 Å². The van der Waals surface area contributed by atoms with E-state index in [1.165, 1.54) is 12.1 Å². The highest BCUT2D eigenvalue weighted by atomic mass is 16.6. The number of benzene rings is 1. The zero-order chi connectivity index (χ0) is 15.6. The Kier molecular flexibility index (Phi) is 4.08. The zero-order valence-corrected chi connectivity index (χ0v) is 12.0. The minimum Gasteiger partial charge on any atom is -0.366 e. The monoisotopic (exact) mass is 294 g/mol. The number of piperidine rings is 1. The van der Waals surface area contributed by atoms with E-state index in [1.54, 1.807) is 0 Å². The Hall–Kier alpha value is -2.22. The van der Waals surface area contributed by atoms with Gasteiger partial charge in [-0.15, -0.1) is 0 Å². The molecule has 1 saturated heterocycles. The van der Waals surface area contributed by atoms with Crippen LogP contribution >= 0.6 is 0 Å². The highest BCUT2D eigenvalue weighted by Gasteiger charge is 2.31. The summed E-state index contributed by atoms with van der Waals surface area (Å²) < 4.78 is 0. The number of rotatable bonds is 4. The maximum Gasteiger partial charge on any atom is 0.299 e. The van der Waals surface area contributed by atoms with Gasteiger partial charge in [-0.3, -0.25) is 20.2 Å². The highest BCUT2D eigenvalue weighted by Crippen LogP contribution is 2.34. The Morgan fingerprint density at radius 2 is 1.81 bits per heavy atom. The molecule has 21 heavy (non-hydrogen) atoms. The summed E-state index contributed by atoms with van der Waals surface area (Å²) >= 11 is 0. The minimum atomic E-state index is -0.620. The number of hydrogen-bond donors (Lipinski definition) is 1. The van der Waals surface area contributed by atoms with Gasteiger partial charge in [0, 0.05) is 24.7 Å². The van der Waals surface area contributed by atoms with Crippen LogP contribution < -0.4 is 10.2 Å². The summed E-state index contributed by atoms with van der Waals surface area (Å²) in [6, 6.07) is 3.81. The van der Waals surface area contributed by atoms with Crippen molar-refractivity contribution in [3.8, 4) is 0 Å². The van der Waals surface area contributed by atoms with E-state index in [1.807, 2.05) is 11.9 Å². The third-order valence-corrected chi connectivity index (χ3v) is 4.18. The standard InChI is InChI=1S/C13H18N4O4/c1-13(14-2)5-7-15(8-6-13)11-4-3-10(16(18)19)9-12(11)17(20)21/h3-4,9,14H,5-8H2,1-2H3. The van der Waals surface area contributed by atoms with Gasteiger partial charge in [0.25, 0.3) is 11.4 Å². The number of non-ortho nitro benzene ring substituents is 1. The average molecular weight is 294 g/mol. The minimum absolute atomic E-state index is 0.0338. The van der Waals surface area contributed by atoms with Gasteiger partial charge >= 0.3 is 0 Å². The third kappa shape index (κ3) is 3.10. The van der Waals surface area contributed by atoms with Crippen molar-refractivity contribution in [3.05, 3.63) is 38.4 Å². The molecule has 0 radical (unpaired) electrons. The molecule has 0 atom stereocenters. The van der Waals surface area contributed by atoms with Crippen LogP contribution in [0.5, 0.6) is 0 Å². The van der Waals surface area contributed by atoms with Gasteiger partial charge in [0.15, 0.2) is 0 Å². The van der Waals surface area contributed by atoms with E-state index < -0.39 is 9.85 Å². The van der Waals surface area contributed by atoms with E-state index >= 15 is 0 Å². The van der Waals surface area contributed by atoms with Gasteiger partial charge in [0.05, 0.1) is 15.9 Å². The Bertz CT molecular complexity index is 567. The molecule has 8 nitrogen and oxygen atoms in total. The van der Waals surface area contributed by atoms with Crippen LogP contribution in [0.15, 0.2) is 18.2 Å². The van der Waals surface area contributed by atoms with Crippen LogP contribution in [0.4, 0.5) is 17.1 Å². The molecule has 0 amide bonds. The summed E-state index contributed by atoms with van der Waals surface area (Å²) in [6.07, 6.45) is 1.72. The number of nitrogens with zero attached hydrogens (tertiary/aromatic N) is 3. The predicted molar refractivity (Wildman–Crippen MR) is 78.7 cm³/mol. The van der Waals surface area contributed by atoms with Crippen molar-refractivity contribution in [3.63, 3.8) is 0 Å². The number of nitro groups is 2. The molecule has 8 heteroatoms. The lowest BCUT2D eigenvalue weighted by molar-refractivity contribution is -0.393. The molecule has 2 rings (SSSR count). The fourth-order valence-electron chi connectivity index (χ4n) is 2.53. The molecule has 1 aromatic carbocycles. The number of hydrogen-bond acceptors (Lipinski definition) is 6. The molecule has 1 heterocycles. The van der Waals surface area contributed by atoms with Crippen molar-refractivity contribution in [1.82, 2.24) is 5.32 Å². The van der Waals surface area contributed by atoms with Crippen molar-refractivity contribution in [2.45, 2.75) is 25.3 Å². The molecule has 0 aliphatic carbocycles. The first-order valence-electron chi connectivity index (χ1n) is 6.73. The molecule has 0 bridgehead atoms. The summed E-state index contributed by atoms with van der Waals surface area (Å²) in [5, 5.41) is 25.2. The molecular weight excluding hydrogens is 276 g/mol. The van der Waals surface area contributed by atoms with Crippen molar-refractivity contribution in [1.29, 1.82) is 0 Å². The molecule has 1 fully saturated rings. The van der Waals surface area contributed by atoms with Crippen LogP contribution in [0.1, 0.15) is 19.8 Å². The molecule has 0 unspecified atom stereocenters. The molecule has 0 aromatic heterocycles. The Balaban J connectivity index is 2.28. The van der Waals surface area contributed by atoms with Crippen molar-refractivity contribution in [2.75, 3.05) is 25.0 Å². The summed E-state index contributed by atoms with van der Waals surface area (Å²) in [5.41, 5.74) is 0.00928. The van der Waals surface area contributed by atoms with E-state index in [2.05, 4.69) is 12.2 Å². The van der Waals surface area contributed by atoms with Crippen LogP contribution in [-0.4, -0.2) is 35.5 Å². The van der Waals surface area contributed by atoms with Crippen LogP contribution in [0.25, 0.3) is 0 Å². The fourth-order valence-corrected chi connectivity index (χ4v) is 2.53. The Labute approximate surface area is 122 Å². The average Bonchev–Trinajstić information content (AvgIpc) is 2.47. The van der Waals surface area contributed by atoms with Crippen molar-refractivity contribution < 1.29 is 9.85 Å². The summed E-state index contributed by atoms with van der Waals surface area (Å²) in [5.74, 6) is 0. The second-order valence-electron chi connectivity index (χ2n) is 5.48. The summed E-state index contributed by atoms with van der Waals surface area (Å²) in [4.78, 5) is 22.7. The molecule has 1 aliphatic heterocycles. The lowest BCUT2D eigenvalue weighted by Crippen LogP contribution is -2.50. The normalized spacial score (nSPS) is 17.5. The van der Waals surface area contributed by atoms with Crippen molar-refractivity contribution >= 4 is 17.1 Å². The SMILES string of the molecule is CNC1(C)CCN(c2ccc([N+](=O)[O-])cc2[N+](=O)[O-])CC1. The van der Waals surface area contributed by atoms with Gasteiger partial charge < -0.3 is 10.2 Å². The van der Waals surface area contributed by atoms with Crippen LogP contribution in [0.2, 0.25) is 0 Å². The molecule has 1 aromatic rings. The second kappa shape index (κ2) is 5.65. The summed E-state index contributed by atoms with van der Waals surface area (Å²) in [7, 11) is 1.91. The molecule has 0 spiro atoms. The molecule has 0 saturated carbocycles. The molecular formula is C13H18N4O4. The van der Waals surface area contributed by atoms with Crippen LogP contribution in [0, 0.1) is 20.2 Å². The van der Waals surface area contributed by atoms with E-state index in [0.29, 0.717) is 18.8 Å². The predicted octanol–water partition coefficient (Wildman–Crippen LogP) is 2.08. The van der Waals surface area contributed by atoms with E-state index in [0.717, 1.165) is 18.9 Å². The van der Waals surface area contributed by atoms with Gasteiger partial charge in [-0.1, -0.05) is 0 Å². The van der Waals surface area contributed by atoms with Gasteiger partial charge in [-0.2, -0.15) is 0 Å².